The van der Waals surface area contributed by atoms with E-state index in [1.54, 1.807) is 0 Å². The predicted octanol–water partition coefficient (Wildman–Crippen LogP) is 2.79. The minimum absolute atomic E-state index is 0.624. The van der Waals surface area contributed by atoms with E-state index in [4.69, 9.17) is 11.6 Å². The molecule has 3 heteroatoms. The third-order valence-electron chi connectivity index (χ3n) is 2.77. The van der Waals surface area contributed by atoms with Crippen LogP contribution in [-0.4, -0.2) is 13.1 Å². The van der Waals surface area contributed by atoms with Crippen LogP contribution >= 0.6 is 22.9 Å². The second-order valence-corrected chi connectivity index (χ2v) is 5.29. The van der Waals surface area contributed by atoms with Gasteiger partial charge in [-0.25, -0.2) is 0 Å². The Balaban J connectivity index is 2.32. The average Bonchev–Trinajstić information content (AvgIpc) is 2.43. The van der Waals surface area contributed by atoms with Crippen LogP contribution in [0.25, 0.3) is 0 Å². The number of halogens is 1. The lowest BCUT2D eigenvalue weighted by Gasteiger charge is -2.21. The van der Waals surface area contributed by atoms with Gasteiger partial charge in [0.15, 0.2) is 0 Å². The molecular weight excluding hydrogens is 202 g/mol. The molecule has 1 N–H and O–H groups in total. The summed E-state index contributed by atoms with van der Waals surface area (Å²) in [5.41, 5.74) is 1.40. The van der Waals surface area contributed by atoms with Crippen LogP contribution in [0.5, 0.6) is 0 Å². The molecule has 1 nitrogen and oxygen atoms in total. The summed E-state index contributed by atoms with van der Waals surface area (Å²) >= 11 is 8.10. The van der Waals surface area contributed by atoms with Gasteiger partial charge in [-0.1, -0.05) is 11.6 Å². The minimum Gasteiger partial charge on any atom is -0.317 e. The molecule has 0 aromatic carbocycles. The first kappa shape index (κ1) is 9.50. The maximum atomic E-state index is 6.23. The summed E-state index contributed by atoms with van der Waals surface area (Å²) in [5, 5.41) is 4.34. The van der Waals surface area contributed by atoms with Crippen LogP contribution in [0.3, 0.4) is 0 Å². The lowest BCUT2D eigenvalue weighted by atomic mass is 9.94. The zero-order valence-electron chi connectivity index (χ0n) is 7.98. The number of rotatable bonds is 1. The van der Waals surface area contributed by atoms with Gasteiger partial charge in [-0.15, -0.1) is 11.3 Å². The van der Waals surface area contributed by atoms with Crippen molar-refractivity contribution in [3.05, 3.63) is 20.3 Å². The molecule has 0 saturated heterocycles. The molecule has 0 fully saturated rings. The van der Waals surface area contributed by atoms with Crippen molar-refractivity contribution in [3.8, 4) is 0 Å². The smallest absolute Gasteiger partial charge is 0.0577 e. The van der Waals surface area contributed by atoms with Crippen LogP contribution in [0.4, 0.5) is 0 Å². The van der Waals surface area contributed by atoms with E-state index in [-0.39, 0.29) is 0 Å². The molecule has 0 amide bonds. The van der Waals surface area contributed by atoms with E-state index in [1.807, 2.05) is 18.4 Å². The molecule has 1 heterocycles. The van der Waals surface area contributed by atoms with Gasteiger partial charge in [-0.3, -0.25) is 0 Å². The Hall–Kier alpha value is -0.0500. The molecule has 0 spiro atoms. The van der Waals surface area contributed by atoms with E-state index < -0.39 is 0 Å². The van der Waals surface area contributed by atoms with Gasteiger partial charge < -0.3 is 5.32 Å². The number of likely N-dealkylation sites (N-methyl/N-ethyl adjacent to an activating group) is 1. The molecule has 1 aliphatic rings. The first-order valence-corrected chi connectivity index (χ1v) is 5.85. The monoisotopic (exact) mass is 215 g/mol. The average molecular weight is 216 g/mol. The number of fused-ring (bicyclic) bond motifs is 1. The fourth-order valence-electron chi connectivity index (χ4n) is 1.93. The van der Waals surface area contributed by atoms with Crippen LogP contribution < -0.4 is 5.32 Å². The number of hydrogen-bond acceptors (Lipinski definition) is 2. The Labute approximate surface area is 88.1 Å². The van der Waals surface area contributed by atoms with Crippen molar-refractivity contribution in [3.63, 3.8) is 0 Å². The fraction of sp³-hybridized carbons (Fsp3) is 0.600. The van der Waals surface area contributed by atoms with Crippen molar-refractivity contribution in [2.24, 2.45) is 0 Å². The summed E-state index contributed by atoms with van der Waals surface area (Å²) in [6, 6.07) is 0.624. The van der Waals surface area contributed by atoms with Crippen molar-refractivity contribution in [2.45, 2.75) is 32.2 Å². The lowest BCUT2D eigenvalue weighted by molar-refractivity contribution is 0.501. The molecule has 1 unspecified atom stereocenters. The number of thiophene rings is 1. The largest absolute Gasteiger partial charge is 0.317 e. The van der Waals surface area contributed by atoms with E-state index in [1.165, 1.54) is 28.2 Å². The molecular formula is C10H14ClNS. The third-order valence-corrected chi connectivity index (χ3v) is 4.60. The number of hydrogen-bond donors (Lipinski definition) is 1. The summed E-state index contributed by atoms with van der Waals surface area (Å²) in [5.74, 6) is 0. The Morgan fingerprint density at radius 3 is 3.00 bits per heavy atom. The highest BCUT2D eigenvalue weighted by atomic mass is 35.5. The molecule has 0 bridgehead atoms. The highest BCUT2D eigenvalue weighted by Crippen LogP contribution is 2.36. The van der Waals surface area contributed by atoms with Crippen LogP contribution in [-0.2, 0) is 12.8 Å². The summed E-state index contributed by atoms with van der Waals surface area (Å²) < 4.78 is 0. The van der Waals surface area contributed by atoms with Crippen LogP contribution in [0.15, 0.2) is 0 Å². The van der Waals surface area contributed by atoms with E-state index in [9.17, 15) is 0 Å². The molecule has 72 valence electrons. The molecule has 0 radical (unpaired) electrons. The van der Waals surface area contributed by atoms with Crippen molar-refractivity contribution in [2.75, 3.05) is 7.05 Å². The maximum Gasteiger partial charge on any atom is 0.0577 e. The Bertz CT molecular complexity index is 319. The zero-order valence-corrected chi connectivity index (χ0v) is 9.56. The molecule has 0 aliphatic heterocycles. The standard InChI is InChI=1S/C10H14ClNS/c1-6-10(11)8-5-7(12-2)3-4-9(8)13-6/h7,12H,3-5H2,1-2H3. The van der Waals surface area contributed by atoms with Crippen molar-refractivity contribution < 1.29 is 0 Å². The van der Waals surface area contributed by atoms with E-state index in [0.29, 0.717) is 6.04 Å². The predicted molar refractivity (Wildman–Crippen MR) is 58.9 cm³/mol. The Kier molecular flexibility index (Phi) is 2.63. The van der Waals surface area contributed by atoms with E-state index in [0.717, 1.165) is 11.4 Å². The molecule has 1 aromatic rings. The minimum atomic E-state index is 0.624. The van der Waals surface area contributed by atoms with Gasteiger partial charge in [0.2, 0.25) is 0 Å². The molecule has 1 aromatic heterocycles. The van der Waals surface area contributed by atoms with Crippen molar-refractivity contribution >= 4 is 22.9 Å². The van der Waals surface area contributed by atoms with Crippen molar-refractivity contribution in [1.82, 2.24) is 5.32 Å². The molecule has 1 atom stereocenters. The second kappa shape index (κ2) is 3.60. The summed E-state index contributed by atoms with van der Waals surface area (Å²) in [6.45, 7) is 2.11. The van der Waals surface area contributed by atoms with Gasteiger partial charge in [-0.05, 0) is 38.8 Å². The molecule has 13 heavy (non-hydrogen) atoms. The SMILES string of the molecule is CNC1CCc2sc(C)c(Cl)c2C1. The topological polar surface area (TPSA) is 12.0 Å². The lowest BCUT2D eigenvalue weighted by Crippen LogP contribution is -2.30. The highest BCUT2D eigenvalue weighted by molar-refractivity contribution is 7.12. The van der Waals surface area contributed by atoms with Gasteiger partial charge in [0, 0.05) is 15.8 Å². The summed E-state index contributed by atoms with van der Waals surface area (Å²) in [7, 11) is 2.03. The Morgan fingerprint density at radius 2 is 2.31 bits per heavy atom. The van der Waals surface area contributed by atoms with E-state index in [2.05, 4.69) is 12.2 Å². The highest BCUT2D eigenvalue weighted by Gasteiger charge is 2.22. The van der Waals surface area contributed by atoms with Crippen LogP contribution in [0.1, 0.15) is 21.7 Å². The number of nitrogens with one attached hydrogen (secondary N) is 1. The second-order valence-electron chi connectivity index (χ2n) is 3.60. The van der Waals surface area contributed by atoms with Gasteiger partial charge in [-0.2, -0.15) is 0 Å². The Morgan fingerprint density at radius 1 is 1.54 bits per heavy atom. The summed E-state index contributed by atoms with van der Waals surface area (Å²) in [6.07, 6.45) is 3.55. The quantitative estimate of drug-likeness (QED) is 0.760. The van der Waals surface area contributed by atoms with Crippen LogP contribution in [0, 0.1) is 6.92 Å². The van der Waals surface area contributed by atoms with Gasteiger partial charge in [0.25, 0.3) is 0 Å². The van der Waals surface area contributed by atoms with Gasteiger partial charge in [0.05, 0.1) is 5.02 Å². The molecule has 1 aliphatic carbocycles. The molecule has 0 saturated carbocycles. The first-order valence-electron chi connectivity index (χ1n) is 4.66. The third kappa shape index (κ3) is 1.63. The first-order chi connectivity index (χ1) is 6.22. The number of aryl methyl sites for hydroxylation is 2. The van der Waals surface area contributed by atoms with Gasteiger partial charge >= 0.3 is 0 Å². The van der Waals surface area contributed by atoms with E-state index >= 15 is 0 Å². The summed E-state index contributed by atoms with van der Waals surface area (Å²) in [4.78, 5) is 2.79. The zero-order chi connectivity index (χ0) is 9.42. The van der Waals surface area contributed by atoms with Crippen LogP contribution in [0.2, 0.25) is 5.02 Å². The van der Waals surface area contributed by atoms with Gasteiger partial charge in [0.1, 0.15) is 0 Å². The normalized spacial score (nSPS) is 21.6. The maximum absolute atomic E-state index is 6.23. The van der Waals surface area contributed by atoms with Crippen molar-refractivity contribution in [1.29, 1.82) is 0 Å². The fourth-order valence-corrected chi connectivity index (χ4v) is 3.41. The molecule has 2 rings (SSSR count).